The Morgan fingerprint density at radius 3 is 2.41 bits per heavy atom. The minimum atomic E-state index is -0.506. The third-order valence-electron chi connectivity index (χ3n) is 2.24. The first-order valence-corrected chi connectivity index (χ1v) is 5.78. The number of benzene rings is 1. The van der Waals surface area contributed by atoms with Crippen molar-refractivity contribution < 1.29 is 4.39 Å². The lowest BCUT2D eigenvalue weighted by molar-refractivity contribution is 0.631. The number of nitrogens with zero attached hydrogens (tertiary/aromatic N) is 2. The van der Waals surface area contributed by atoms with Crippen LogP contribution in [0.4, 0.5) is 4.39 Å². The van der Waals surface area contributed by atoms with Crippen LogP contribution in [0, 0.1) is 12.7 Å². The summed E-state index contributed by atoms with van der Waals surface area (Å²) in [6.45, 7) is 1.66. The van der Waals surface area contributed by atoms with E-state index >= 15 is 0 Å². The standard InChI is InChI=1S/C11H6Cl3FN2/c1-5-10(13)9(11(14)17-16-5)8-6(12)3-2-4-7(8)15/h2-4H,1H3. The lowest BCUT2D eigenvalue weighted by Crippen LogP contribution is -1.96. The van der Waals surface area contributed by atoms with Gasteiger partial charge in [-0.2, -0.15) is 5.10 Å². The highest BCUT2D eigenvalue weighted by atomic mass is 35.5. The van der Waals surface area contributed by atoms with Crippen molar-refractivity contribution >= 4 is 34.8 Å². The molecule has 2 aromatic rings. The molecular weight excluding hydrogens is 285 g/mol. The molecule has 6 heteroatoms. The van der Waals surface area contributed by atoms with Crippen LogP contribution in [-0.4, -0.2) is 10.2 Å². The van der Waals surface area contributed by atoms with Gasteiger partial charge in [0.15, 0.2) is 5.15 Å². The fourth-order valence-electron chi connectivity index (χ4n) is 1.43. The van der Waals surface area contributed by atoms with Gasteiger partial charge in [0.2, 0.25) is 0 Å². The van der Waals surface area contributed by atoms with E-state index in [1.54, 1.807) is 13.0 Å². The average Bonchev–Trinajstić information content (AvgIpc) is 2.28. The van der Waals surface area contributed by atoms with Gasteiger partial charge in [0, 0.05) is 11.1 Å². The van der Waals surface area contributed by atoms with E-state index in [0.717, 1.165) is 0 Å². The second-order valence-corrected chi connectivity index (χ2v) is 4.51. The number of aromatic nitrogens is 2. The fraction of sp³-hybridized carbons (Fsp3) is 0.0909. The zero-order chi connectivity index (χ0) is 12.6. The predicted octanol–water partition coefficient (Wildman–Crippen LogP) is 4.55. The van der Waals surface area contributed by atoms with Crippen LogP contribution in [0.25, 0.3) is 11.1 Å². The molecule has 0 saturated heterocycles. The van der Waals surface area contributed by atoms with Gasteiger partial charge in [0.1, 0.15) is 5.82 Å². The molecule has 1 aromatic heterocycles. The van der Waals surface area contributed by atoms with Crippen molar-refractivity contribution in [2.24, 2.45) is 0 Å². The highest BCUT2D eigenvalue weighted by Gasteiger charge is 2.19. The molecule has 1 heterocycles. The topological polar surface area (TPSA) is 25.8 Å². The Hall–Kier alpha value is -0.900. The highest BCUT2D eigenvalue weighted by Crippen LogP contribution is 2.39. The van der Waals surface area contributed by atoms with Gasteiger partial charge >= 0.3 is 0 Å². The minimum absolute atomic E-state index is 0.0209. The number of hydrogen-bond donors (Lipinski definition) is 0. The van der Waals surface area contributed by atoms with Crippen LogP contribution in [0.1, 0.15) is 5.69 Å². The Morgan fingerprint density at radius 2 is 1.76 bits per heavy atom. The van der Waals surface area contributed by atoms with Crippen molar-refractivity contribution in [3.05, 3.63) is 44.9 Å². The Kier molecular flexibility index (Phi) is 3.52. The van der Waals surface area contributed by atoms with Crippen LogP contribution < -0.4 is 0 Å². The van der Waals surface area contributed by atoms with Gasteiger partial charge in [-0.1, -0.05) is 40.9 Å². The fourth-order valence-corrected chi connectivity index (χ4v) is 2.19. The lowest BCUT2D eigenvalue weighted by atomic mass is 10.1. The van der Waals surface area contributed by atoms with E-state index < -0.39 is 5.82 Å². The van der Waals surface area contributed by atoms with Gasteiger partial charge in [-0.3, -0.25) is 0 Å². The van der Waals surface area contributed by atoms with Crippen molar-refractivity contribution in [1.29, 1.82) is 0 Å². The highest BCUT2D eigenvalue weighted by molar-refractivity contribution is 6.40. The summed E-state index contributed by atoms with van der Waals surface area (Å²) in [6.07, 6.45) is 0. The molecule has 0 radical (unpaired) electrons. The first-order valence-electron chi connectivity index (χ1n) is 4.65. The molecule has 2 rings (SSSR count). The molecule has 88 valence electrons. The summed E-state index contributed by atoms with van der Waals surface area (Å²) in [5, 5.41) is 7.94. The molecule has 0 bridgehead atoms. The molecule has 0 saturated carbocycles. The van der Waals surface area contributed by atoms with Crippen LogP contribution in [0.3, 0.4) is 0 Å². The normalized spacial score (nSPS) is 10.6. The molecule has 0 spiro atoms. The maximum Gasteiger partial charge on any atom is 0.161 e. The van der Waals surface area contributed by atoms with Crippen LogP contribution in [0.2, 0.25) is 15.2 Å². The molecular formula is C11H6Cl3FN2. The lowest BCUT2D eigenvalue weighted by Gasteiger charge is -2.10. The zero-order valence-electron chi connectivity index (χ0n) is 8.64. The number of rotatable bonds is 1. The smallest absolute Gasteiger partial charge is 0.161 e. The van der Waals surface area contributed by atoms with E-state index in [-0.39, 0.29) is 26.3 Å². The summed E-state index contributed by atoms with van der Waals surface area (Å²) in [6, 6.07) is 4.34. The van der Waals surface area contributed by atoms with Gasteiger partial charge in [-0.05, 0) is 19.1 Å². The van der Waals surface area contributed by atoms with Gasteiger partial charge in [0.05, 0.1) is 15.7 Å². The second-order valence-electron chi connectivity index (χ2n) is 3.36. The summed E-state index contributed by atoms with van der Waals surface area (Å²) in [5.74, 6) is -0.506. The number of halogens is 4. The largest absolute Gasteiger partial charge is 0.206 e. The van der Waals surface area contributed by atoms with Gasteiger partial charge in [-0.25, -0.2) is 4.39 Å². The minimum Gasteiger partial charge on any atom is -0.206 e. The Labute approximate surface area is 112 Å². The van der Waals surface area contributed by atoms with E-state index in [1.807, 2.05) is 0 Å². The van der Waals surface area contributed by atoms with E-state index in [1.165, 1.54) is 12.1 Å². The van der Waals surface area contributed by atoms with Crippen LogP contribution in [-0.2, 0) is 0 Å². The molecule has 0 N–H and O–H groups in total. The van der Waals surface area contributed by atoms with E-state index in [0.29, 0.717) is 5.69 Å². The molecule has 2 nitrogen and oxygen atoms in total. The SMILES string of the molecule is Cc1nnc(Cl)c(-c2c(F)cccc2Cl)c1Cl. The average molecular weight is 292 g/mol. The molecule has 0 aliphatic rings. The van der Waals surface area contributed by atoms with Crippen molar-refractivity contribution in [2.75, 3.05) is 0 Å². The zero-order valence-corrected chi connectivity index (χ0v) is 10.9. The quantitative estimate of drug-likeness (QED) is 0.770. The second kappa shape index (κ2) is 4.77. The van der Waals surface area contributed by atoms with E-state index in [9.17, 15) is 4.39 Å². The van der Waals surface area contributed by atoms with Crippen molar-refractivity contribution in [2.45, 2.75) is 6.92 Å². The number of aryl methyl sites for hydroxylation is 1. The molecule has 0 atom stereocenters. The van der Waals surface area contributed by atoms with E-state index in [2.05, 4.69) is 10.2 Å². The Morgan fingerprint density at radius 1 is 1.06 bits per heavy atom. The molecule has 17 heavy (non-hydrogen) atoms. The van der Waals surface area contributed by atoms with Gasteiger partial charge in [0.25, 0.3) is 0 Å². The summed E-state index contributed by atoms with van der Waals surface area (Å²) < 4.78 is 13.8. The maximum atomic E-state index is 13.8. The van der Waals surface area contributed by atoms with Gasteiger partial charge < -0.3 is 0 Å². The molecule has 0 aliphatic carbocycles. The summed E-state index contributed by atoms with van der Waals surface area (Å²) in [7, 11) is 0. The summed E-state index contributed by atoms with van der Waals surface area (Å²) in [5.41, 5.74) is 0.872. The van der Waals surface area contributed by atoms with Crippen LogP contribution >= 0.6 is 34.8 Å². The number of hydrogen-bond acceptors (Lipinski definition) is 2. The summed E-state index contributed by atoms with van der Waals surface area (Å²) in [4.78, 5) is 0. The predicted molar refractivity (Wildman–Crippen MR) is 67.2 cm³/mol. The monoisotopic (exact) mass is 290 g/mol. The van der Waals surface area contributed by atoms with E-state index in [4.69, 9.17) is 34.8 Å². The van der Waals surface area contributed by atoms with Crippen molar-refractivity contribution in [3.63, 3.8) is 0 Å². The molecule has 0 amide bonds. The molecule has 0 fully saturated rings. The first kappa shape index (κ1) is 12.6. The molecule has 0 unspecified atom stereocenters. The third-order valence-corrected chi connectivity index (χ3v) is 3.29. The van der Waals surface area contributed by atoms with Crippen molar-refractivity contribution in [3.8, 4) is 11.1 Å². The Bertz CT molecular complexity index is 567. The third kappa shape index (κ3) is 2.23. The van der Waals surface area contributed by atoms with Crippen LogP contribution in [0.5, 0.6) is 0 Å². The summed E-state index contributed by atoms with van der Waals surface area (Å²) >= 11 is 17.9. The van der Waals surface area contributed by atoms with Crippen LogP contribution in [0.15, 0.2) is 18.2 Å². The molecule has 0 aliphatic heterocycles. The maximum absolute atomic E-state index is 13.8. The van der Waals surface area contributed by atoms with Gasteiger partial charge in [-0.15, -0.1) is 5.10 Å². The van der Waals surface area contributed by atoms with Crippen molar-refractivity contribution in [1.82, 2.24) is 10.2 Å². The Balaban J connectivity index is 2.82. The molecule has 1 aromatic carbocycles. The first-order chi connectivity index (χ1) is 8.02.